The van der Waals surface area contributed by atoms with Crippen LogP contribution in [0.2, 0.25) is 5.02 Å². The van der Waals surface area contributed by atoms with Crippen LogP contribution < -0.4 is 0 Å². The first-order valence-electron chi connectivity index (χ1n) is 10.8. The summed E-state index contributed by atoms with van der Waals surface area (Å²) in [4.78, 5) is 12.6. The van der Waals surface area contributed by atoms with Crippen LogP contribution in [0.25, 0.3) is 16.8 Å². The molecule has 2 atom stereocenters. The molecule has 1 aliphatic heterocycles. The number of nitrogens with zero attached hydrogens (tertiary/aromatic N) is 4. The summed E-state index contributed by atoms with van der Waals surface area (Å²) in [6.07, 6.45) is -1.33. The third-order valence-electron chi connectivity index (χ3n) is 5.90. The van der Waals surface area contributed by atoms with Crippen molar-refractivity contribution in [2.24, 2.45) is 4.99 Å². The first-order chi connectivity index (χ1) is 16.5. The summed E-state index contributed by atoms with van der Waals surface area (Å²) in [7, 11) is 3.53. The molecule has 8 heteroatoms. The lowest BCUT2D eigenvalue weighted by molar-refractivity contribution is 0.0513. The Balaban J connectivity index is 1.63. The molecule has 2 heterocycles. The molecular weight excluding hydrogens is 452 g/mol. The fraction of sp³-hybridized carbons (Fsp3) is 0.154. The summed E-state index contributed by atoms with van der Waals surface area (Å²) < 4.78 is 5.83. The molecule has 2 unspecified atom stereocenters. The van der Waals surface area contributed by atoms with Crippen LogP contribution in [0.5, 0.6) is 0 Å². The second-order valence-electron chi connectivity index (χ2n) is 8.06. The van der Waals surface area contributed by atoms with Gasteiger partial charge in [-0.3, -0.25) is 0 Å². The average Bonchev–Trinajstić information content (AvgIpc) is 3.29. The number of para-hydroxylation sites is 2. The molecule has 3 aromatic carbocycles. The number of aliphatic hydroxyl groups is 2. The maximum absolute atomic E-state index is 10.9. The number of aliphatic hydroxyl groups excluding tert-OH is 2. The number of aromatic nitrogens is 1. The maximum Gasteiger partial charge on any atom is 0.250 e. The lowest BCUT2D eigenvalue weighted by Gasteiger charge is -2.39. The van der Waals surface area contributed by atoms with Crippen LogP contribution in [-0.2, 0) is 0 Å². The van der Waals surface area contributed by atoms with Crippen LogP contribution in [0.1, 0.15) is 23.1 Å². The molecule has 0 bridgehead atoms. The van der Waals surface area contributed by atoms with Crippen molar-refractivity contribution in [1.82, 2.24) is 14.8 Å². The average molecular weight is 475 g/mol. The number of halogens is 1. The number of rotatable bonds is 4. The Hall–Kier alpha value is -3.81. The molecule has 0 spiro atoms. The minimum Gasteiger partial charge on any atom is -0.506 e. The number of aliphatic imine (C=N–C) groups is 1. The van der Waals surface area contributed by atoms with Crippen molar-refractivity contribution < 1.29 is 14.6 Å². The highest BCUT2D eigenvalue weighted by molar-refractivity contribution is 6.31. The van der Waals surface area contributed by atoms with Crippen LogP contribution in [-0.4, -0.2) is 51.3 Å². The van der Waals surface area contributed by atoms with E-state index < -0.39 is 6.23 Å². The minimum atomic E-state index is -1.33. The molecule has 1 aliphatic rings. The molecule has 1 aromatic heterocycles. The van der Waals surface area contributed by atoms with Gasteiger partial charge in [0, 0.05) is 19.1 Å². The molecule has 0 fully saturated rings. The van der Waals surface area contributed by atoms with Gasteiger partial charge in [-0.25, -0.2) is 9.98 Å². The highest BCUT2D eigenvalue weighted by Gasteiger charge is 2.35. The fourth-order valence-corrected chi connectivity index (χ4v) is 4.41. The fourth-order valence-electron chi connectivity index (χ4n) is 4.17. The van der Waals surface area contributed by atoms with Gasteiger partial charge >= 0.3 is 0 Å². The van der Waals surface area contributed by atoms with Gasteiger partial charge in [-0.1, -0.05) is 72.3 Å². The molecule has 0 radical (unpaired) electrons. The summed E-state index contributed by atoms with van der Waals surface area (Å²) >= 11 is 6.61. The Morgan fingerprint density at radius 2 is 1.68 bits per heavy atom. The molecule has 172 valence electrons. The van der Waals surface area contributed by atoms with E-state index in [-0.39, 0.29) is 23.4 Å². The van der Waals surface area contributed by atoms with Crippen molar-refractivity contribution in [1.29, 1.82) is 0 Å². The molecule has 0 aliphatic carbocycles. The topological polar surface area (TPSA) is 85.3 Å². The van der Waals surface area contributed by atoms with E-state index in [4.69, 9.17) is 21.0 Å². The van der Waals surface area contributed by atoms with Gasteiger partial charge in [0.2, 0.25) is 11.9 Å². The minimum absolute atomic E-state index is 0.0784. The SMILES string of the molecule is CN1C(N(C)C(c2ccccc2)c2ccccc2Cl)=NC(c2nc3ccccc3o2)=C(O)C1O. The Kier molecular flexibility index (Phi) is 5.73. The first kappa shape index (κ1) is 22.0. The number of fused-ring (bicyclic) bond motifs is 1. The summed E-state index contributed by atoms with van der Waals surface area (Å²) in [6.45, 7) is 0. The van der Waals surface area contributed by atoms with Gasteiger partial charge in [-0.05, 0) is 29.3 Å². The van der Waals surface area contributed by atoms with Crippen molar-refractivity contribution in [2.45, 2.75) is 12.3 Å². The number of guanidine groups is 1. The first-order valence-corrected chi connectivity index (χ1v) is 11.1. The molecule has 0 saturated carbocycles. The van der Waals surface area contributed by atoms with Crippen molar-refractivity contribution in [3.63, 3.8) is 0 Å². The second kappa shape index (κ2) is 8.85. The van der Waals surface area contributed by atoms with Crippen molar-refractivity contribution in [3.05, 3.63) is 107 Å². The van der Waals surface area contributed by atoms with Crippen LogP contribution in [0.15, 0.2) is 94.0 Å². The van der Waals surface area contributed by atoms with Crippen molar-refractivity contribution in [3.8, 4) is 0 Å². The van der Waals surface area contributed by atoms with Crippen molar-refractivity contribution in [2.75, 3.05) is 14.1 Å². The smallest absolute Gasteiger partial charge is 0.250 e. The molecular formula is C26H23ClN4O3. The zero-order valence-corrected chi connectivity index (χ0v) is 19.4. The van der Waals surface area contributed by atoms with E-state index in [2.05, 4.69) is 4.98 Å². The predicted octanol–water partition coefficient (Wildman–Crippen LogP) is 5.05. The van der Waals surface area contributed by atoms with Gasteiger partial charge in [0.15, 0.2) is 23.3 Å². The molecule has 2 N–H and O–H groups in total. The summed E-state index contributed by atoms with van der Waals surface area (Å²) in [5, 5.41) is 22.2. The van der Waals surface area contributed by atoms with Gasteiger partial charge in [-0.15, -0.1) is 0 Å². The van der Waals surface area contributed by atoms with Crippen LogP contribution in [0, 0.1) is 0 Å². The zero-order chi connectivity index (χ0) is 23.8. The Labute approximate surface area is 201 Å². The summed E-state index contributed by atoms with van der Waals surface area (Å²) in [5.41, 5.74) is 3.15. The third-order valence-corrected chi connectivity index (χ3v) is 6.24. The van der Waals surface area contributed by atoms with Crippen LogP contribution >= 0.6 is 11.6 Å². The highest BCUT2D eigenvalue weighted by atomic mass is 35.5. The quantitative estimate of drug-likeness (QED) is 0.430. The van der Waals surface area contributed by atoms with Crippen molar-refractivity contribution >= 4 is 34.4 Å². The van der Waals surface area contributed by atoms with Gasteiger partial charge in [0.25, 0.3) is 0 Å². The van der Waals surface area contributed by atoms with E-state index in [1.165, 1.54) is 4.90 Å². The van der Waals surface area contributed by atoms with E-state index in [9.17, 15) is 10.2 Å². The Morgan fingerprint density at radius 1 is 1.00 bits per heavy atom. The maximum atomic E-state index is 10.9. The largest absolute Gasteiger partial charge is 0.506 e. The highest BCUT2D eigenvalue weighted by Crippen LogP contribution is 2.36. The van der Waals surface area contributed by atoms with Gasteiger partial charge in [0.1, 0.15) is 5.52 Å². The zero-order valence-electron chi connectivity index (χ0n) is 18.6. The Morgan fingerprint density at radius 3 is 2.41 bits per heavy atom. The van der Waals surface area contributed by atoms with Gasteiger partial charge in [-0.2, -0.15) is 0 Å². The van der Waals surface area contributed by atoms with Gasteiger partial charge in [0.05, 0.1) is 6.04 Å². The number of hydrogen-bond donors (Lipinski definition) is 2. The molecule has 4 aromatic rings. The Bertz CT molecular complexity index is 1370. The monoisotopic (exact) mass is 474 g/mol. The third kappa shape index (κ3) is 3.79. The lowest BCUT2D eigenvalue weighted by Crippen LogP contribution is -2.49. The number of likely N-dealkylation sites (N-methyl/N-ethyl adjacent to an activating group) is 1. The number of hydrogen-bond acceptors (Lipinski definition) is 7. The van der Waals surface area contributed by atoms with Crippen LogP contribution in [0.3, 0.4) is 0 Å². The lowest BCUT2D eigenvalue weighted by atomic mass is 9.97. The molecule has 5 rings (SSSR count). The molecule has 7 nitrogen and oxygen atoms in total. The van der Waals surface area contributed by atoms with E-state index in [1.54, 1.807) is 13.1 Å². The van der Waals surface area contributed by atoms with Crippen LogP contribution in [0.4, 0.5) is 0 Å². The molecule has 34 heavy (non-hydrogen) atoms. The predicted molar refractivity (Wildman–Crippen MR) is 132 cm³/mol. The number of oxazole rings is 1. The van der Waals surface area contributed by atoms with Gasteiger partial charge < -0.3 is 24.4 Å². The summed E-state index contributed by atoms with van der Waals surface area (Å²) in [5.74, 6) is 0.210. The molecule has 0 amide bonds. The normalized spacial score (nSPS) is 17.1. The second-order valence-corrected chi connectivity index (χ2v) is 8.47. The van der Waals surface area contributed by atoms with E-state index in [0.717, 1.165) is 11.1 Å². The van der Waals surface area contributed by atoms with E-state index in [0.29, 0.717) is 22.1 Å². The van der Waals surface area contributed by atoms with E-state index >= 15 is 0 Å². The standard InChI is InChI=1S/C26H23ClN4O3/c1-30(22(16-10-4-3-5-11-16)17-12-6-7-13-18(17)27)26-29-21(23(32)25(33)31(26)2)24-28-19-14-8-9-15-20(19)34-24/h3-15,22,25,32-33H,1-2H3. The summed E-state index contributed by atoms with van der Waals surface area (Å²) in [6, 6.07) is 24.5. The number of benzene rings is 3. The van der Waals surface area contributed by atoms with E-state index in [1.807, 2.05) is 84.7 Å². The molecule has 0 saturated heterocycles.